The van der Waals surface area contributed by atoms with Gasteiger partial charge in [0.15, 0.2) is 0 Å². The molecule has 1 fully saturated rings. The average molecular weight is 542 g/mol. The number of aromatic nitrogens is 3. The summed E-state index contributed by atoms with van der Waals surface area (Å²) in [5, 5.41) is 13.6. The Morgan fingerprint density at radius 3 is 2.73 bits per heavy atom. The maximum absolute atomic E-state index is 13.7. The average Bonchev–Trinajstić information content (AvgIpc) is 3.61. The van der Waals surface area contributed by atoms with Crippen LogP contribution in [0, 0.1) is 11.3 Å². The fraction of sp³-hybridized carbons (Fsp3) is 0.310. The van der Waals surface area contributed by atoms with E-state index in [2.05, 4.69) is 16.4 Å². The SMILES string of the molecule is N#Cc1cc2c3c(c1)c(C1=C(c4cnc5ccccn45)CNC1=O)cn3CCN(C(=O)N1CCC(F)(F)CC1)C2. The summed E-state index contributed by atoms with van der Waals surface area (Å²) in [5.41, 5.74) is 5.74. The van der Waals surface area contributed by atoms with Gasteiger partial charge in [-0.2, -0.15) is 5.26 Å². The van der Waals surface area contributed by atoms with Crippen molar-refractivity contribution in [2.75, 3.05) is 26.2 Å². The number of hydrogen-bond donors (Lipinski definition) is 1. The zero-order valence-electron chi connectivity index (χ0n) is 21.5. The maximum Gasteiger partial charge on any atom is 0.320 e. The smallest absolute Gasteiger partial charge is 0.320 e. The summed E-state index contributed by atoms with van der Waals surface area (Å²) >= 11 is 0. The van der Waals surface area contributed by atoms with Crippen LogP contribution in [0.1, 0.15) is 35.2 Å². The first kappa shape index (κ1) is 24.3. The van der Waals surface area contributed by atoms with Crippen molar-refractivity contribution in [2.24, 2.45) is 0 Å². The Morgan fingerprint density at radius 2 is 1.93 bits per heavy atom. The van der Waals surface area contributed by atoms with Crippen LogP contribution in [0.2, 0.25) is 0 Å². The van der Waals surface area contributed by atoms with E-state index < -0.39 is 5.92 Å². The van der Waals surface area contributed by atoms with Crippen LogP contribution in [-0.4, -0.2) is 67.8 Å². The first-order valence-corrected chi connectivity index (χ1v) is 13.2. The standard InChI is InChI=1S/C29H25F2N7O2/c30-29(31)4-7-35(8-5-29)28(40)37-10-9-36-17-22(20-12-18(13-32)11-19(16-37)26(20)36)25-21(14-34-27(25)39)23-15-33-24-3-1-2-6-38(23)24/h1-3,6,11-12,15,17H,4-5,7-10,14,16H2,(H,34,39). The number of likely N-dealkylation sites (tertiary alicyclic amines) is 1. The van der Waals surface area contributed by atoms with Gasteiger partial charge in [0.05, 0.1) is 34.6 Å². The lowest BCUT2D eigenvalue weighted by Crippen LogP contribution is -2.49. The lowest BCUT2D eigenvalue weighted by molar-refractivity contribution is -0.114. The van der Waals surface area contributed by atoms with Gasteiger partial charge in [-0.1, -0.05) is 6.07 Å². The number of alkyl halides is 2. The van der Waals surface area contributed by atoms with E-state index in [9.17, 15) is 23.6 Å². The van der Waals surface area contributed by atoms with Gasteiger partial charge in [-0.25, -0.2) is 18.6 Å². The van der Waals surface area contributed by atoms with Crippen molar-refractivity contribution < 1.29 is 18.4 Å². The molecule has 3 aliphatic heterocycles. The van der Waals surface area contributed by atoms with E-state index in [1.807, 2.05) is 39.6 Å². The Labute approximate surface area is 227 Å². The second-order valence-corrected chi connectivity index (χ2v) is 10.5. The van der Waals surface area contributed by atoms with Gasteiger partial charge in [0.25, 0.3) is 11.8 Å². The highest BCUT2D eigenvalue weighted by atomic mass is 19.3. The summed E-state index contributed by atoms with van der Waals surface area (Å²) in [5.74, 6) is -2.93. The molecule has 9 nitrogen and oxygen atoms in total. The summed E-state index contributed by atoms with van der Waals surface area (Å²) in [6, 6.07) is 11.2. The summed E-state index contributed by atoms with van der Waals surface area (Å²) in [7, 11) is 0. The van der Waals surface area contributed by atoms with E-state index in [1.54, 1.807) is 23.2 Å². The van der Waals surface area contributed by atoms with Gasteiger partial charge in [-0.3, -0.25) is 9.20 Å². The number of nitriles is 1. The van der Waals surface area contributed by atoms with Crippen molar-refractivity contribution in [1.29, 1.82) is 5.26 Å². The molecule has 0 radical (unpaired) electrons. The number of carbonyl (C=O) groups is 2. The van der Waals surface area contributed by atoms with Crippen molar-refractivity contribution in [1.82, 2.24) is 29.1 Å². The van der Waals surface area contributed by atoms with Gasteiger partial charge in [-0.05, 0) is 29.8 Å². The second kappa shape index (κ2) is 8.91. The minimum Gasteiger partial charge on any atom is -0.348 e. The molecule has 3 amide bonds. The molecular formula is C29H25F2N7O2. The molecule has 0 unspecified atom stereocenters. The third-order valence-electron chi connectivity index (χ3n) is 8.14. The van der Waals surface area contributed by atoms with Crippen molar-refractivity contribution >= 4 is 39.6 Å². The number of amides is 3. The van der Waals surface area contributed by atoms with Gasteiger partial charge in [-0.15, -0.1) is 0 Å². The zero-order valence-corrected chi connectivity index (χ0v) is 21.5. The van der Waals surface area contributed by atoms with Crippen LogP contribution >= 0.6 is 0 Å². The second-order valence-electron chi connectivity index (χ2n) is 10.5. The van der Waals surface area contributed by atoms with Crippen molar-refractivity contribution in [3.8, 4) is 6.07 Å². The lowest BCUT2D eigenvalue weighted by Gasteiger charge is -2.35. The van der Waals surface area contributed by atoms with Crippen LogP contribution < -0.4 is 5.32 Å². The Hall–Kier alpha value is -4.72. The van der Waals surface area contributed by atoms with Gasteiger partial charge in [0.1, 0.15) is 5.65 Å². The van der Waals surface area contributed by atoms with Crippen LogP contribution in [0.5, 0.6) is 0 Å². The van der Waals surface area contributed by atoms with Gasteiger partial charge >= 0.3 is 6.03 Å². The number of nitrogens with zero attached hydrogens (tertiary/aromatic N) is 6. The van der Waals surface area contributed by atoms with E-state index in [0.29, 0.717) is 30.8 Å². The summed E-state index contributed by atoms with van der Waals surface area (Å²) < 4.78 is 31.4. The first-order chi connectivity index (χ1) is 19.3. The molecule has 4 aromatic rings. The van der Waals surface area contributed by atoms with E-state index >= 15 is 0 Å². The molecule has 202 valence electrons. The molecule has 1 aromatic carbocycles. The van der Waals surface area contributed by atoms with Crippen molar-refractivity contribution in [3.63, 3.8) is 0 Å². The molecule has 0 saturated carbocycles. The van der Waals surface area contributed by atoms with E-state index in [-0.39, 0.29) is 44.4 Å². The molecule has 11 heteroatoms. The number of nitrogens with one attached hydrogen (secondary N) is 1. The van der Waals surface area contributed by atoms with Crippen LogP contribution in [0.25, 0.3) is 27.7 Å². The maximum atomic E-state index is 13.7. The molecule has 0 spiro atoms. The number of benzene rings is 1. The van der Waals surface area contributed by atoms with E-state index in [0.717, 1.165) is 38.9 Å². The minimum absolute atomic E-state index is 0.0156. The fourth-order valence-corrected chi connectivity index (χ4v) is 6.13. The molecule has 6 heterocycles. The minimum atomic E-state index is -2.74. The third kappa shape index (κ3) is 3.82. The Kier molecular flexibility index (Phi) is 5.42. The van der Waals surface area contributed by atoms with Gasteiger partial charge < -0.3 is 19.7 Å². The molecule has 3 aromatic heterocycles. The lowest BCUT2D eigenvalue weighted by atomic mass is 9.97. The number of piperidine rings is 1. The fourth-order valence-electron chi connectivity index (χ4n) is 6.13. The first-order valence-electron chi connectivity index (χ1n) is 13.2. The van der Waals surface area contributed by atoms with Crippen LogP contribution in [0.4, 0.5) is 13.6 Å². The highest BCUT2D eigenvalue weighted by Crippen LogP contribution is 2.38. The number of halogens is 2. The molecule has 0 aliphatic carbocycles. The number of pyridine rings is 1. The number of carbonyl (C=O) groups excluding carboxylic acids is 2. The van der Waals surface area contributed by atoms with E-state index in [1.165, 1.54) is 4.90 Å². The van der Waals surface area contributed by atoms with Crippen molar-refractivity contribution in [2.45, 2.75) is 31.9 Å². The molecule has 1 saturated heterocycles. The molecule has 0 bridgehead atoms. The largest absolute Gasteiger partial charge is 0.348 e. The number of fused-ring (bicyclic) bond motifs is 1. The Balaban J connectivity index is 1.32. The molecule has 3 aliphatic rings. The summed E-state index contributed by atoms with van der Waals surface area (Å²) in [6.45, 7) is 1.46. The Bertz CT molecular complexity index is 1780. The molecule has 1 N–H and O–H groups in total. The Morgan fingerprint density at radius 1 is 1.10 bits per heavy atom. The molecule has 7 rings (SSSR count). The molecule has 40 heavy (non-hydrogen) atoms. The third-order valence-corrected chi connectivity index (χ3v) is 8.14. The topological polar surface area (TPSA) is 98.7 Å². The normalized spacial score (nSPS) is 18.8. The quantitative estimate of drug-likeness (QED) is 0.417. The van der Waals surface area contributed by atoms with Gasteiger partial charge in [0, 0.05) is 81.0 Å². The molecule has 0 atom stereocenters. The highest BCUT2D eigenvalue weighted by Gasteiger charge is 2.37. The highest BCUT2D eigenvalue weighted by molar-refractivity contribution is 6.32. The molecular weight excluding hydrogens is 516 g/mol. The number of rotatable bonds is 2. The monoisotopic (exact) mass is 541 g/mol. The predicted octanol–water partition coefficient (Wildman–Crippen LogP) is 3.87. The van der Waals surface area contributed by atoms with Crippen LogP contribution in [-0.2, 0) is 17.9 Å². The summed E-state index contributed by atoms with van der Waals surface area (Å²) in [4.78, 5) is 34.2. The summed E-state index contributed by atoms with van der Waals surface area (Å²) in [6.07, 6.45) is 4.92. The predicted molar refractivity (Wildman–Crippen MR) is 143 cm³/mol. The number of urea groups is 1. The van der Waals surface area contributed by atoms with Crippen molar-refractivity contribution in [3.05, 3.63) is 71.3 Å². The zero-order chi connectivity index (χ0) is 27.6. The van der Waals surface area contributed by atoms with Gasteiger partial charge in [0.2, 0.25) is 0 Å². The number of hydrogen-bond acceptors (Lipinski definition) is 4. The van der Waals surface area contributed by atoms with Crippen LogP contribution in [0.3, 0.4) is 0 Å². The van der Waals surface area contributed by atoms with Crippen LogP contribution in [0.15, 0.2) is 48.9 Å². The number of imidazole rings is 1. The van der Waals surface area contributed by atoms with E-state index in [4.69, 9.17) is 0 Å².